The normalized spacial score (nSPS) is 22.7. The van der Waals surface area contributed by atoms with Gasteiger partial charge in [-0.25, -0.2) is 0 Å². The first-order chi connectivity index (χ1) is 14.1. The van der Waals surface area contributed by atoms with Crippen molar-refractivity contribution in [3.05, 3.63) is 126 Å². The minimum Gasteiger partial charge on any atom is -0.137 e. The van der Waals surface area contributed by atoms with Crippen LogP contribution in [0.4, 0.5) is 0 Å². The Labute approximate surface area is 179 Å². The fourth-order valence-corrected chi connectivity index (χ4v) is 13.2. The van der Waals surface area contributed by atoms with Crippen LogP contribution in [-0.2, 0) is 4.75 Å². The maximum absolute atomic E-state index is 2.57. The zero-order valence-electron chi connectivity index (χ0n) is 17.0. The summed E-state index contributed by atoms with van der Waals surface area (Å²) >= 11 is 2.20. The summed E-state index contributed by atoms with van der Waals surface area (Å²) in [5.74, 6) is 0.440. The van der Waals surface area contributed by atoms with Gasteiger partial charge in [0.1, 0.15) is 8.07 Å². The molecule has 0 amide bonds. The highest BCUT2D eigenvalue weighted by atomic mass is 32.2. The quantitative estimate of drug-likeness (QED) is 0.351. The van der Waals surface area contributed by atoms with Crippen LogP contribution in [0.5, 0.6) is 0 Å². The van der Waals surface area contributed by atoms with Crippen LogP contribution >= 0.6 is 11.8 Å². The highest BCUT2D eigenvalue weighted by Gasteiger charge is 2.78. The molecule has 5 rings (SSSR count). The Hall–Kier alpha value is -2.29. The highest BCUT2D eigenvalue weighted by Crippen LogP contribution is 2.79. The molecule has 0 N–H and O–H groups in total. The lowest BCUT2D eigenvalue weighted by atomic mass is 9.83. The number of hydrogen-bond donors (Lipinski definition) is 0. The van der Waals surface area contributed by atoms with Crippen molar-refractivity contribution in [2.45, 2.75) is 22.2 Å². The van der Waals surface area contributed by atoms with E-state index in [1.807, 2.05) is 0 Å². The first kappa shape index (κ1) is 18.7. The van der Waals surface area contributed by atoms with Crippen LogP contribution in [-0.4, -0.2) is 12.4 Å². The van der Waals surface area contributed by atoms with E-state index in [-0.39, 0.29) is 9.12 Å². The topological polar surface area (TPSA) is 0 Å². The van der Waals surface area contributed by atoms with Gasteiger partial charge in [-0.1, -0.05) is 134 Å². The van der Waals surface area contributed by atoms with Gasteiger partial charge in [0.2, 0.25) is 0 Å². The number of hydrogen-bond acceptors (Lipinski definition) is 1. The molecule has 0 bridgehead atoms. The molecule has 1 fully saturated rings. The third-order valence-corrected chi connectivity index (χ3v) is 15.0. The van der Waals surface area contributed by atoms with E-state index in [1.165, 1.54) is 16.3 Å². The van der Waals surface area contributed by atoms with Gasteiger partial charge in [0.25, 0.3) is 0 Å². The number of benzene rings is 3. The minimum absolute atomic E-state index is 0.0230. The average Bonchev–Trinajstić information content (AvgIpc) is 3.23. The van der Waals surface area contributed by atoms with E-state index in [0.717, 1.165) is 0 Å². The summed E-state index contributed by atoms with van der Waals surface area (Å²) in [6.45, 7) is 5.14. The second kappa shape index (κ2) is 6.89. The molecule has 1 aliphatic heterocycles. The van der Waals surface area contributed by atoms with Crippen molar-refractivity contribution in [2.75, 3.05) is 0 Å². The average molecular weight is 411 g/mol. The van der Waals surface area contributed by atoms with Crippen molar-refractivity contribution in [1.82, 2.24) is 0 Å². The summed E-state index contributed by atoms with van der Waals surface area (Å²) < 4.78 is 0.109. The van der Waals surface area contributed by atoms with Gasteiger partial charge in [-0.2, -0.15) is 0 Å². The molecular weight excluding hydrogens is 384 g/mol. The van der Waals surface area contributed by atoms with E-state index in [4.69, 9.17) is 0 Å². The lowest BCUT2D eigenvalue weighted by Gasteiger charge is -2.40. The summed E-state index contributed by atoms with van der Waals surface area (Å²) in [5, 5.41) is 1.54. The Morgan fingerprint density at radius 2 is 1.10 bits per heavy atom. The summed E-state index contributed by atoms with van der Waals surface area (Å²) in [4.78, 5) is 0. The number of thioether (sulfide) groups is 1. The Morgan fingerprint density at radius 3 is 1.59 bits per heavy atom. The first-order valence-electron chi connectivity index (χ1n) is 10.3. The maximum Gasteiger partial charge on any atom is 0.101 e. The summed E-state index contributed by atoms with van der Waals surface area (Å²) in [7, 11) is -1.90. The molecule has 0 saturated carbocycles. The lowest BCUT2D eigenvalue weighted by molar-refractivity contribution is 0.628. The van der Waals surface area contributed by atoms with Crippen LogP contribution in [0.3, 0.4) is 0 Å². The molecule has 1 atom stereocenters. The van der Waals surface area contributed by atoms with Crippen molar-refractivity contribution in [3.8, 4) is 0 Å². The van der Waals surface area contributed by atoms with Crippen molar-refractivity contribution in [2.24, 2.45) is 5.92 Å². The van der Waals surface area contributed by atoms with Gasteiger partial charge in [0.15, 0.2) is 0 Å². The van der Waals surface area contributed by atoms with E-state index >= 15 is 0 Å². The van der Waals surface area contributed by atoms with E-state index in [1.54, 1.807) is 0 Å². The van der Waals surface area contributed by atoms with E-state index in [0.29, 0.717) is 5.92 Å². The van der Waals surface area contributed by atoms with Crippen molar-refractivity contribution in [1.29, 1.82) is 0 Å². The van der Waals surface area contributed by atoms with Crippen LogP contribution in [0.2, 0.25) is 13.1 Å². The van der Waals surface area contributed by atoms with E-state index < -0.39 is 8.07 Å². The van der Waals surface area contributed by atoms with Gasteiger partial charge in [-0.3, -0.25) is 0 Å². The Kier molecular flexibility index (Phi) is 4.45. The molecule has 2 heteroatoms. The third kappa shape index (κ3) is 2.59. The lowest BCUT2D eigenvalue weighted by Crippen LogP contribution is -2.60. The number of allylic oxidation sites excluding steroid dienone is 4. The molecule has 0 spiro atoms. The molecule has 1 unspecified atom stereocenters. The largest absolute Gasteiger partial charge is 0.137 e. The molecule has 0 aromatic heterocycles. The molecule has 0 nitrogen and oxygen atoms in total. The predicted octanol–water partition coefficient (Wildman–Crippen LogP) is 6.31. The predicted molar refractivity (Wildman–Crippen MR) is 129 cm³/mol. The van der Waals surface area contributed by atoms with Crippen LogP contribution in [0.1, 0.15) is 11.1 Å². The second-order valence-corrected chi connectivity index (χ2v) is 15.0. The molecule has 2 aliphatic rings. The monoisotopic (exact) mass is 410 g/mol. The zero-order valence-corrected chi connectivity index (χ0v) is 18.8. The maximum atomic E-state index is 2.57. The van der Waals surface area contributed by atoms with Crippen LogP contribution < -0.4 is 5.19 Å². The Bertz CT molecular complexity index is 1000. The van der Waals surface area contributed by atoms with Crippen LogP contribution in [0, 0.1) is 5.92 Å². The summed E-state index contributed by atoms with van der Waals surface area (Å²) in [6, 6.07) is 33.6. The highest BCUT2D eigenvalue weighted by molar-refractivity contribution is 8.11. The zero-order chi connectivity index (χ0) is 20.0. The molecule has 3 aromatic carbocycles. The molecule has 1 heterocycles. The van der Waals surface area contributed by atoms with E-state index in [9.17, 15) is 0 Å². The molecule has 1 saturated heterocycles. The minimum atomic E-state index is -1.90. The van der Waals surface area contributed by atoms with Gasteiger partial charge >= 0.3 is 0 Å². The van der Waals surface area contributed by atoms with Gasteiger partial charge in [0.05, 0.1) is 4.75 Å². The number of rotatable bonds is 5. The Balaban J connectivity index is 1.78. The SMILES string of the molecule is C[Si](C)(c1ccccc1)C1(C2C=CC=C2)SC1(c1ccccc1)c1ccccc1. The smallest absolute Gasteiger partial charge is 0.101 e. The first-order valence-corrected chi connectivity index (χ1v) is 14.2. The fraction of sp³-hybridized carbons (Fsp3) is 0.185. The van der Waals surface area contributed by atoms with Crippen molar-refractivity contribution < 1.29 is 0 Å². The fourth-order valence-electron chi connectivity index (χ4n) is 5.33. The van der Waals surface area contributed by atoms with Gasteiger partial charge in [-0.05, 0) is 11.1 Å². The van der Waals surface area contributed by atoms with Crippen LogP contribution in [0.15, 0.2) is 115 Å². The van der Waals surface area contributed by atoms with Gasteiger partial charge in [0, 0.05) is 10.3 Å². The summed E-state index contributed by atoms with van der Waals surface area (Å²) in [5.41, 5.74) is 2.86. The van der Waals surface area contributed by atoms with Gasteiger partial charge in [-0.15, -0.1) is 11.8 Å². The van der Waals surface area contributed by atoms with Crippen LogP contribution in [0.25, 0.3) is 0 Å². The van der Waals surface area contributed by atoms with E-state index in [2.05, 4.69) is 140 Å². The molecule has 144 valence electrons. The molecule has 3 aromatic rings. The third-order valence-electron chi connectivity index (χ3n) is 6.80. The van der Waals surface area contributed by atoms with Gasteiger partial charge < -0.3 is 0 Å². The van der Waals surface area contributed by atoms with Crippen molar-refractivity contribution >= 4 is 25.0 Å². The van der Waals surface area contributed by atoms with Crippen molar-refractivity contribution in [3.63, 3.8) is 0 Å². The molecule has 0 radical (unpaired) electrons. The Morgan fingerprint density at radius 1 is 0.655 bits per heavy atom. The second-order valence-electron chi connectivity index (χ2n) is 8.54. The standard InChI is InChI=1S/C27H26SSi/c1-29(2,25-20-10-5-11-21-25)27(24-18-12-13-19-24)26(28-27,22-14-6-3-7-15-22)23-16-8-4-9-17-23/h3-21,24H,1-2H3. The molecule has 29 heavy (non-hydrogen) atoms. The summed E-state index contributed by atoms with van der Waals surface area (Å²) in [6.07, 6.45) is 9.33. The molecular formula is C27H26SSi. The molecule has 1 aliphatic carbocycles.